The maximum Gasteiger partial charge on any atom is 0.187 e. The molecule has 0 saturated carbocycles. The van der Waals surface area contributed by atoms with E-state index in [-0.39, 0.29) is 0 Å². The lowest BCUT2D eigenvalue weighted by Crippen LogP contribution is -1.81. The van der Waals surface area contributed by atoms with E-state index in [0.717, 1.165) is 16.9 Å². The Hall–Kier alpha value is -2.98. The SMILES string of the molecule is Clc1cccc(N=Nc2c(-c3ccccc3)nc3ccccn23)c1. The summed E-state index contributed by atoms with van der Waals surface area (Å²) in [6.07, 6.45) is 1.93. The molecule has 2 aromatic carbocycles. The fourth-order valence-corrected chi connectivity index (χ4v) is 2.70. The van der Waals surface area contributed by atoms with Gasteiger partial charge in [0.15, 0.2) is 5.82 Å². The number of rotatable bonds is 3. The van der Waals surface area contributed by atoms with E-state index in [1.807, 2.05) is 77.3 Å². The van der Waals surface area contributed by atoms with Crippen LogP contribution in [0.5, 0.6) is 0 Å². The zero-order chi connectivity index (χ0) is 16.4. The second kappa shape index (κ2) is 6.26. The predicted molar refractivity (Wildman–Crippen MR) is 96.3 cm³/mol. The van der Waals surface area contributed by atoms with E-state index < -0.39 is 0 Å². The average Bonchev–Trinajstić information content (AvgIpc) is 2.99. The number of pyridine rings is 1. The van der Waals surface area contributed by atoms with Crippen molar-refractivity contribution in [2.24, 2.45) is 10.2 Å². The van der Waals surface area contributed by atoms with Gasteiger partial charge in [0.2, 0.25) is 0 Å². The van der Waals surface area contributed by atoms with Crippen LogP contribution in [0, 0.1) is 0 Å². The highest BCUT2D eigenvalue weighted by Crippen LogP contribution is 2.32. The maximum absolute atomic E-state index is 6.01. The molecular weight excluding hydrogens is 320 g/mol. The van der Waals surface area contributed by atoms with E-state index in [4.69, 9.17) is 16.6 Å². The molecule has 4 nitrogen and oxygen atoms in total. The van der Waals surface area contributed by atoms with E-state index >= 15 is 0 Å². The van der Waals surface area contributed by atoms with Gasteiger partial charge in [-0.05, 0) is 30.3 Å². The first-order valence-electron chi connectivity index (χ1n) is 7.51. The maximum atomic E-state index is 6.01. The van der Waals surface area contributed by atoms with Crippen molar-refractivity contribution >= 4 is 28.8 Å². The molecule has 0 N–H and O–H groups in total. The molecule has 0 bridgehead atoms. The first kappa shape index (κ1) is 14.6. The first-order valence-corrected chi connectivity index (χ1v) is 7.89. The molecule has 0 aliphatic rings. The van der Waals surface area contributed by atoms with Crippen LogP contribution in [0.3, 0.4) is 0 Å². The summed E-state index contributed by atoms with van der Waals surface area (Å²) in [5, 5.41) is 9.41. The third-order valence-corrected chi connectivity index (χ3v) is 3.86. The molecule has 0 radical (unpaired) electrons. The van der Waals surface area contributed by atoms with E-state index in [0.29, 0.717) is 16.5 Å². The van der Waals surface area contributed by atoms with Crippen molar-refractivity contribution < 1.29 is 0 Å². The summed E-state index contributed by atoms with van der Waals surface area (Å²) in [4.78, 5) is 4.70. The summed E-state index contributed by atoms with van der Waals surface area (Å²) in [7, 11) is 0. The molecule has 2 heterocycles. The van der Waals surface area contributed by atoms with Crippen LogP contribution in [0.1, 0.15) is 0 Å². The van der Waals surface area contributed by atoms with Crippen LogP contribution >= 0.6 is 11.6 Å². The molecule has 0 fully saturated rings. The first-order chi connectivity index (χ1) is 11.8. The Morgan fingerprint density at radius 1 is 0.833 bits per heavy atom. The van der Waals surface area contributed by atoms with Crippen LogP contribution < -0.4 is 0 Å². The lowest BCUT2D eigenvalue weighted by atomic mass is 10.1. The van der Waals surface area contributed by atoms with Gasteiger partial charge in [-0.3, -0.25) is 4.40 Å². The Morgan fingerprint density at radius 3 is 2.50 bits per heavy atom. The molecular formula is C19H13ClN4. The summed E-state index contributed by atoms with van der Waals surface area (Å²) in [6.45, 7) is 0. The van der Waals surface area contributed by atoms with Gasteiger partial charge in [-0.25, -0.2) is 4.98 Å². The van der Waals surface area contributed by atoms with E-state index in [9.17, 15) is 0 Å². The Balaban J connectivity index is 1.87. The number of hydrogen-bond acceptors (Lipinski definition) is 3. The summed E-state index contributed by atoms with van der Waals surface area (Å²) in [5.41, 5.74) is 3.33. The van der Waals surface area contributed by atoms with Crippen molar-refractivity contribution in [2.45, 2.75) is 0 Å². The Labute approximate surface area is 144 Å². The summed E-state index contributed by atoms with van der Waals surface area (Å²) in [6, 6.07) is 23.1. The van der Waals surface area contributed by atoms with Crippen molar-refractivity contribution in [3.63, 3.8) is 0 Å². The highest BCUT2D eigenvalue weighted by atomic mass is 35.5. The van der Waals surface area contributed by atoms with Crippen LogP contribution in [-0.2, 0) is 0 Å². The summed E-state index contributed by atoms with van der Waals surface area (Å²) < 4.78 is 1.93. The van der Waals surface area contributed by atoms with Crippen molar-refractivity contribution in [1.82, 2.24) is 9.38 Å². The predicted octanol–water partition coefficient (Wildman–Crippen LogP) is 6.07. The minimum atomic E-state index is 0.632. The molecule has 0 aliphatic carbocycles. The smallest absolute Gasteiger partial charge is 0.187 e. The lowest BCUT2D eigenvalue weighted by Gasteiger charge is -1.99. The monoisotopic (exact) mass is 332 g/mol. The number of hydrogen-bond donors (Lipinski definition) is 0. The summed E-state index contributed by atoms with van der Waals surface area (Å²) in [5.74, 6) is 0.691. The number of benzene rings is 2. The van der Waals surface area contributed by atoms with Gasteiger partial charge in [0.25, 0.3) is 0 Å². The minimum Gasteiger partial charge on any atom is -0.283 e. The molecule has 0 saturated heterocycles. The normalized spacial score (nSPS) is 11.4. The molecule has 0 aliphatic heterocycles. The number of nitrogens with zero attached hydrogens (tertiary/aromatic N) is 4. The van der Waals surface area contributed by atoms with E-state index in [1.165, 1.54) is 0 Å². The van der Waals surface area contributed by atoms with E-state index in [1.54, 1.807) is 6.07 Å². The lowest BCUT2D eigenvalue weighted by molar-refractivity contribution is 1.11. The molecule has 24 heavy (non-hydrogen) atoms. The van der Waals surface area contributed by atoms with Crippen LogP contribution in [0.2, 0.25) is 5.02 Å². The fourth-order valence-electron chi connectivity index (χ4n) is 2.51. The fraction of sp³-hybridized carbons (Fsp3) is 0. The van der Waals surface area contributed by atoms with Gasteiger partial charge in [-0.15, -0.1) is 10.2 Å². The topological polar surface area (TPSA) is 42.0 Å². The van der Waals surface area contributed by atoms with Gasteiger partial charge < -0.3 is 0 Å². The number of halogens is 1. The molecule has 5 heteroatoms. The average molecular weight is 333 g/mol. The second-order valence-corrected chi connectivity index (χ2v) is 5.70. The van der Waals surface area contributed by atoms with Crippen molar-refractivity contribution in [3.05, 3.63) is 84.0 Å². The quantitative estimate of drug-likeness (QED) is 0.420. The van der Waals surface area contributed by atoms with Gasteiger partial charge in [0, 0.05) is 16.8 Å². The second-order valence-electron chi connectivity index (χ2n) is 5.26. The Kier molecular flexibility index (Phi) is 3.81. The van der Waals surface area contributed by atoms with Gasteiger partial charge in [0.1, 0.15) is 11.3 Å². The van der Waals surface area contributed by atoms with Crippen LogP contribution in [-0.4, -0.2) is 9.38 Å². The third-order valence-electron chi connectivity index (χ3n) is 3.62. The van der Waals surface area contributed by atoms with Gasteiger partial charge in [-0.1, -0.05) is 54.1 Å². The van der Waals surface area contributed by atoms with Crippen LogP contribution in [0.25, 0.3) is 16.9 Å². The van der Waals surface area contributed by atoms with Crippen LogP contribution in [0.15, 0.2) is 89.2 Å². The van der Waals surface area contributed by atoms with Gasteiger partial charge in [0.05, 0.1) is 5.69 Å². The molecule has 116 valence electrons. The molecule has 0 atom stereocenters. The Bertz CT molecular complexity index is 1020. The molecule has 4 rings (SSSR count). The highest BCUT2D eigenvalue weighted by molar-refractivity contribution is 6.30. The number of imidazole rings is 1. The van der Waals surface area contributed by atoms with Crippen molar-refractivity contribution in [1.29, 1.82) is 0 Å². The number of azo groups is 1. The molecule has 0 amide bonds. The minimum absolute atomic E-state index is 0.632. The number of fused-ring (bicyclic) bond motifs is 1. The third kappa shape index (κ3) is 2.79. The van der Waals surface area contributed by atoms with Crippen LogP contribution in [0.4, 0.5) is 11.5 Å². The number of aromatic nitrogens is 2. The van der Waals surface area contributed by atoms with E-state index in [2.05, 4.69) is 10.2 Å². The highest BCUT2D eigenvalue weighted by Gasteiger charge is 2.13. The molecule has 4 aromatic rings. The Morgan fingerprint density at radius 2 is 1.67 bits per heavy atom. The molecule has 0 spiro atoms. The standard InChI is InChI=1S/C19H13ClN4/c20-15-9-6-10-16(13-15)22-23-19-18(14-7-2-1-3-8-14)21-17-11-4-5-12-24(17)19/h1-13H. The zero-order valence-corrected chi connectivity index (χ0v) is 13.4. The van der Waals surface area contributed by atoms with Gasteiger partial charge in [-0.2, -0.15) is 0 Å². The van der Waals surface area contributed by atoms with Crippen molar-refractivity contribution in [3.8, 4) is 11.3 Å². The van der Waals surface area contributed by atoms with Gasteiger partial charge >= 0.3 is 0 Å². The zero-order valence-electron chi connectivity index (χ0n) is 12.7. The largest absolute Gasteiger partial charge is 0.283 e. The molecule has 2 aromatic heterocycles. The summed E-state index contributed by atoms with van der Waals surface area (Å²) >= 11 is 6.01. The molecule has 0 unspecified atom stereocenters. The van der Waals surface area contributed by atoms with Crippen molar-refractivity contribution in [2.75, 3.05) is 0 Å².